The summed E-state index contributed by atoms with van der Waals surface area (Å²) in [5.74, 6) is -3.01. The summed E-state index contributed by atoms with van der Waals surface area (Å²) in [5, 5.41) is 105. The average molecular weight is 785 g/mol. The van der Waals surface area contributed by atoms with Crippen molar-refractivity contribution in [3.63, 3.8) is 0 Å². The van der Waals surface area contributed by atoms with E-state index in [9.17, 15) is 60.7 Å². The Morgan fingerprint density at radius 2 is 1.31 bits per heavy atom. The average Bonchev–Trinajstić information content (AvgIpc) is 3.13. The molecule has 3 saturated heterocycles. The molecule has 20 heteroatoms. The third-order valence-electron chi connectivity index (χ3n) is 9.85. The molecule has 55 heavy (non-hydrogen) atoms. The van der Waals surface area contributed by atoms with Crippen LogP contribution in [0.2, 0.25) is 0 Å². The Hall–Kier alpha value is -3.74. The number of ether oxygens (including phenoxy) is 8. The van der Waals surface area contributed by atoms with E-state index in [4.69, 9.17) is 37.9 Å². The molecule has 4 aliphatic heterocycles. The number of carbonyl (C=O) groups is 2. The number of esters is 1. The van der Waals surface area contributed by atoms with Gasteiger partial charge in [-0.2, -0.15) is 0 Å². The quantitative estimate of drug-likeness (QED) is 0.118. The van der Waals surface area contributed by atoms with Crippen LogP contribution in [-0.4, -0.2) is 168 Å². The number of carbonyl (C=O) groups excluding carboxylic acids is 2. The van der Waals surface area contributed by atoms with E-state index in [-0.39, 0.29) is 22.6 Å². The first-order valence-electron chi connectivity index (χ1n) is 17.3. The van der Waals surface area contributed by atoms with Gasteiger partial charge in [-0.15, -0.1) is 0 Å². The molecule has 20 nitrogen and oxygen atoms in total. The lowest BCUT2D eigenvalue weighted by Gasteiger charge is -2.47. The van der Waals surface area contributed by atoms with Gasteiger partial charge in [-0.05, 0) is 31.5 Å². The van der Waals surface area contributed by atoms with E-state index >= 15 is 0 Å². The molecular weight excluding hydrogens is 740 g/mol. The molecule has 304 valence electrons. The lowest BCUT2D eigenvalue weighted by Crippen LogP contribution is -2.64. The van der Waals surface area contributed by atoms with Crippen molar-refractivity contribution in [2.45, 2.75) is 125 Å². The molecule has 17 atom stereocenters. The number of fused-ring (bicyclic) bond motifs is 1. The van der Waals surface area contributed by atoms with Gasteiger partial charge in [-0.25, -0.2) is 0 Å². The molecule has 0 bridgehead atoms. The van der Waals surface area contributed by atoms with Gasteiger partial charge in [-0.3, -0.25) is 9.59 Å². The number of rotatable bonds is 9. The van der Waals surface area contributed by atoms with Gasteiger partial charge in [0.2, 0.25) is 5.78 Å². The zero-order valence-corrected chi connectivity index (χ0v) is 29.5. The number of benzene rings is 2. The zero-order chi connectivity index (χ0) is 40.0. The van der Waals surface area contributed by atoms with Crippen molar-refractivity contribution in [3.05, 3.63) is 47.5 Å². The summed E-state index contributed by atoms with van der Waals surface area (Å²) in [7, 11) is 0. The van der Waals surface area contributed by atoms with Crippen LogP contribution < -0.4 is 4.74 Å². The summed E-state index contributed by atoms with van der Waals surface area (Å²) in [6.07, 6.45) is -27.0. The van der Waals surface area contributed by atoms with Crippen molar-refractivity contribution >= 4 is 11.8 Å². The van der Waals surface area contributed by atoms with E-state index in [0.29, 0.717) is 0 Å². The van der Waals surface area contributed by atoms with Crippen molar-refractivity contribution < 1.29 is 98.5 Å². The third kappa shape index (κ3) is 8.23. The van der Waals surface area contributed by atoms with Crippen LogP contribution in [0.1, 0.15) is 42.8 Å². The Morgan fingerprint density at radius 1 is 0.691 bits per heavy atom. The van der Waals surface area contributed by atoms with Crippen molar-refractivity contribution in [2.75, 3.05) is 6.61 Å². The largest absolute Gasteiger partial charge is 0.508 e. The number of phenols is 3. The Kier molecular flexibility index (Phi) is 12.2. The fraction of sp³-hybridized carbons (Fsp3) is 0.600. The Labute approximate surface area is 312 Å². The van der Waals surface area contributed by atoms with Crippen LogP contribution in [0.3, 0.4) is 0 Å². The second kappa shape index (κ2) is 16.4. The first kappa shape index (κ1) is 40.9. The van der Waals surface area contributed by atoms with E-state index < -0.39 is 134 Å². The topological polar surface area (TPSA) is 310 Å². The zero-order valence-electron chi connectivity index (χ0n) is 29.5. The molecule has 2 aromatic rings. The molecule has 4 heterocycles. The Balaban J connectivity index is 1.20. The fourth-order valence-electron chi connectivity index (χ4n) is 6.86. The number of aliphatic hydroxyl groups is 7. The van der Waals surface area contributed by atoms with Crippen LogP contribution >= 0.6 is 0 Å². The van der Waals surface area contributed by atoms with E-state index in [1.54, 1.807) is 0 Å². The smallest absolute Gasteiger partial charge is 0.303 e. The number of Topliss-reactive ketones (excluding diaryl/α,β-unsaturated/α-hetero) is 1. The van der Waals surface area contributed by atoms with Crippen LogP contribution in [0.15, 0.2) is 36.4 Å². The molecule has 0 aromatic heterocycles. The second-order valence-corrected chi connectivity index (χ2v) is 13.8. The summed E-state index contributed by atoms with van der Waals surface area (Å²) >= 11 is 0. The highest BCUT2D eigenvalue weighted by Crippen LogP contribution is 2.44. The summed E-state index contributed by atoms with van der Waals surface area (Å²) in [6.45, 7) is 3.28. The number of aromatic hydroxyl groups is 3. The van der Waals surface area contributed by atoms with Crippen molar-refractivity contribution in [2.24, 2.45) is 0 Å². The molecular formula is C35H44O20. The molecule has 0 saturated carbocycles. The van der Waals surface area contributed by atoms with Gasteiger partial charge < -0.3 is 89.0 Å². The maximum atomic E-state index is 13.8. The van der Waals surface area contributed by atoms with Crippen LogP contribution in [0.4, 0.5) is 0 Å². The molecule has 2 aromatic carbocycles. The monoisotopic (exact) mass is 784 g/mol. The van der Waals surface area contributed by atoms with Gasteiger partial charge in [0, 0.05) is 19.1 Å². The van der Waals surface area contributed by atoms with E-state index in [2.05, 4.69) is 0 Å². The highest BCUT2D eigenvalue weighted by Gasteiger charge is 2.53. The maximum Gasteiger partial charge on any atom is 0.303 e. The predicted octanol–water partition coefficient (Wildman–Crippen LogP) is -2.42. The number of ketones is 1. The molecule has 2 unspecified atom stereocenters. The second-order valence-electron chi connectivity index (χ2n) is 13.8. The first-order chi connectivity index (χ1) is 26.0. The van der Waals surface area contributed by atoms with Gasteiger partial charge in [0.15, 0.2) is 37.2 Å². The standard InChI is InChI=1S/C35H44O20/c1-11-21(40)24(43)26(45)34(49-11)55-32-28(47)33(50-12(2)29(32)51-13(3)36)48-10-19-22(41)25(44)27(46)35(53-19)54-31-23(42)20-17(39)8-16(38)9-18(20)52-30(31)14-4-6-15(37)7-5-14/h4-9,11-12,19,21-22,24-35,37-41,43-47H,10H2,1-3H3/t11-,12-,19-,21+,22+,24-,25-,26-,27-,28-,29+,30?,31?,32+,33-,34+,35+/m1/s1. The number of hydrogen-bond acceptors (Lipinski definition) is 20. The first-order valence-corrected chi connectivity index (χ1v) is 17.3. The third-order valence-corrected chi connectivity index (χ3v) is 9.85. The van der Waals surface area contributed by atoms with Gasteiger partial charge in [-0.1, -0.05) is 12.1 Å². The van der Waals surface area contributed by atoms with Gasteiger partial charge in [0.1, 0.15) is 83.5 Å². The SMILES string of the molecule is CC(=O)O[C@@H]1[C@@H](O[C@@H]2O[C@H](C)[C@H](O)[C@@H](O)[C@H]2O)[C@@H](O)[C@H](OC[C@H]2O[C@@H](OC3C(=O)c4c(O)cc(O)cc4OC3c3ccc(O)cc3)[C@H](O)[C@H](O)[C@H]2O)O[C@@H]1C. The van der Waals surface area contributed by atoms with Gasteiger partial charge in [0.05, 0.1) is 18.8 Å². The van der Waals surface area contributed by atoms with Crippen molar-refractivity contribution in [1.82, 2.24) is 0 Å². The highest BCUT2D eigenvalue weighted by atomic mass is 16.8. The minimum Gasteiger partial charge on any atom is -0.508 e. The fourth-order valence-corrected chi connectivity index (χ4v) is 6.86. The molecule has 4 aliphatic rings. The summed E-state index contributed by atoms with van der Waals surface area (Å²) in [6, 6.07) is 7.44. The minimum atomic E-state index is -1.97. The molecule has 3 fully saturated rings. The summed E-state index contributed by atoms with van der Waals surface area (Å²) < 4.78 is 45.8. The number of aliphatic hydroxyl groups excluding tert-OH is 7. The molecule has 0 radical (unpaired) electrons. The number of hydrogen-bond donors (Lipinski definition) is 10. The normalized spacial score (nSPS) is 40.5. The lowest BCUT2D eigenvalue weighted by atomic mass is 9.92. The minimum absolute atomic E-state index is 0.112. The number of phenolic OH excluding ortho intramolecular Hbond substituents is 3. The maximum absolute atomic E-state index is 13.8. The molecule has 0 spiro atoms. The van der Waals surface area contributed by atoms with Crippen molar-refractivity contribution in [1.29, 1.82) is 0 Å². The summed E-state index contributed by atoms with van der Waals surface area (Å²) in [4.78, 5) is 25.8. The van der Waals surface area contributed by atoms with Crippen LogP contribution in [0.25, 0.3) is 0 Å². The highest BCUT2D eigenvalue weighted by molar-refractivity contribution is 6.05. The lowest BCUT2D eigenvalue weighted by molar-refractivity contribution is -0.361. The Morgan fingerprint density at radius 3 is 1.96 bits per heavy atom. The van der Waals surface area contributed by atoms with E-state index in [1.807, 2.05) is 0 Å². The van der Waals surface area contributed by atoms with E-state index in [1.165, 1.54) is 38.1 Å². The predicted molar refractivity (Wildman–Crippen MR) is 176 cm³/mol. The molecule has 0 amide bonds. The summed E-state index contributed by atoms with van der Waals surface area (Å²) in [5.41, 5.74) is -0.0839. The van der Waals surface area contributed by atoms with Crippen molar-refractivity contribution in [3.8, 4) is 23.0 Å². The molecule has 10 N–H and O–H groups in total. The van der Waals surface area contributed by atoms with Gasteiger partial charge >= 0.3 is 5.97 Å². The van der Waals surface area contributed by atoms with Crippen LogP contribution in [0.5, 0.6) is 23.0 Å². The van der Waals surface area contributed by atoms with Crippen LogP contribution in [-0.2, 0) is 38.0 Å². The Bertz CT molecular complexity index is 1670. The van der Waals surface area contributed by atoms with Gasteiger partial charge in [0.25, 0.3) is 0 Å². The molecule has 6 rings (SSSR count). The molecule has 0 aliphatic carbocycles. The van der Waals surface area contributed by atoms with E-state index in [0.717, 1.165) is 19.1 Å². The van der Waals surface area contributed by atoms with Crippen LogP contribution in [0, 0.1) is 0 Å².